The Bertz CT molecular complexity index is 337. The van der Waals surface area contributed by atoms with Crippen LogP contribution in [-0.4, -0.2) is 0 Å². The van der Waals surface area contributed by atoms with E-state index in [1.165, 1.54) is 27.9 Å². The van der Waals surface area contributed by atoms with Crippen molar-refractivity contribution in [1.82, 2.24) is 0 Å². The molecule has 0 radical (unpaired) electrons. The average Bonchev–Trinajstić information content (AvgIpc) is 2.64. The summed E-state index contributed by atoms with van der Waals surface area (Å²) in [6.45, 7) is 0. The zero-order valence-corrected chi connectivity index (χ0v) is 11.7. The molecule has 76 valence electrons. The second-order valence-corrected chi connectivity index (χ2v) is 8.01. The van der Waals surface area contributed by atoms with Crippen molar-refractivity contribution in [2.45, 2.75) is 24.1 Å². The molecule has 2 saturated carbocycles. The predicted octanol–water partition coefficient (Wildman–Crippen LogP) is 4.99. The van der Waals surface area contributed by atoms with Crippen LogP contribution in [0.15, 0.2) is 15.9 Å². The van der Waals surface area contributed by atoms with Crippen LogP contribution in [0.5, 0.6) is 0 Å². The minimum atomic E-state index is 0.603. The number of fused-ring (bicyclic) bond motifs is 1. The second kappa shape index (κ2) is 3.60. The third kappa shape index (κ3) is 1.72. The Balaban J connectivity index is 1.72. The molecule has 3 unspecified atom stereocenters. The highest BCUT2D eigenvalue weighted by Crippen LogP contribution is 2.59. The fraction of sp³-hybridized carbons (Fsp3) is 0.636. The summed E-state index contributed by atoms with van der Waals surface area (Å²) in [6.07, 6.45) is 4.43. The van der Waals surface area contributed by atoms with Crippen LogP contribution in [0.1, 0.15) is 29.0 Å². The molecule has 0 saturated heterocycles. The first-order valence-electron chi connectivity index (χ1n) is 5.13. The lowest BCUT2D eigenvalue weighted by molar-refractivity contribution is 0.485. The van der Waals surface area contributed by atoms with Crippen molar-refractivity contribution in [3.8, 4) is 0 Å². The zero-order valence-electron chi connectivity index (χ0n) is 7.75. The molecule has 3 heteroatoms. The summed E-state index contributed by atoms with van der Waals surface area (Å²) in [6, 6.07) is 4.40. The minimum absolute atomic E-state index is 0.603. The van der Waals surface area contributed by atoms with E-state index in [2.05, 4.69) is 44.0 Å². The molecule has 3 rings (SSSR count). The summed E-state index contributed by atoms with van der Waals surface area (Å²) in [4.78, 5) is 2.09. The largest absolute Gasteiger partial charge is 0.132 e. The first-order valence-corrected chi connectivity index (χ1v) is 7.66. The summed E-state index contributed by atoms with van der Waals surface area (Å²) in [5.41, 5.74) is 0. The van der Waals surface area contributed by atoms with Gasteiger partial charge in [0, 0.05) is 4.88 Å². The van der Waals surface area contributed by atoms with Gasteiger partial charge in [0.2, 0.25) is 0 Å². The molecule has 2 aliphatic rings. The highest BCUT2D eigenvalue weighted by atomic mass is 79.9. The van der Waals surface area contributed by atoms with Crippen molar-refractivity contribution >= 4 is 43.2 Å². The summed E-state index contributed by atoms with van der Waals surface area (Å²) in [5.74, 6) is 3.07. The van der Waals surface area contributed by atoms with Crippen LogP contribution < -0.4 is 0 Å². The second-order valence-electron chi connectivity index (χ2n) is 4.53. The molecule has 14 heavy (non-hydrogen) atoms. The van der Waals surface area contributed by atoms with E-state index in [0.717, 1.165) is 17.8 Å². The van der Waals surface area contributed by atoms with E-state index < -0.39 is 0 Å². The third-order valence-electron chi connectivity index (χ3n) is 3.56. The molecule has 0 amide bonds. The molecule has 0 N–H and O–H groups in total. The number of hydrogen-bond acceptors (Lipinski definition) is 1. The molecule has 0 spiro atoms. The van der Waals surface area contributed by atoms with E-state index in [9.17, 15) is 0 Å². The molecule has 2 fully saturated rings. The Morgan fingerprint density at radius 1 is 1.21 bits per heavy atom. The van der Waals surface area contributed by atoms with Crippen molar-refractivity contribution in [1.29, 1.82) is 0 Å². The number of hydrogen-bond donors (Lipinski definition) is 0. The fourth-order valence-corrected chi connectivity index (χ4v) is 5.07. The monoisotopic (exact) mass is 334 g/mol. The van der Waals surface area contributed by atoms with Gasteiger partial charge in [-0.1, -0.05) is 15.9 Å². The van der Waals surface area contributed by atoms with E-state index >= 15 is 0 Å². The van der Waals surface area contributed by atoms with Crippen LogP contribution >= 0.6 is 43.2 Å². The van der Waals surface area contributed by atoms with Crippen LogP contribution in [0, 0.1) is 17.8 Å². The maximum atomic E-state index is 3.86. The van der Waals surface area contributed by atoms with E-state index in [1.807, 2.05) is 11.3 Å². The van der Waals surface area contributed by atoms with Crippen LogP contribution in [0.2, 0.25) is 0 Å². The highest BCUT2D eigenvalue weighted by Gasteiger charge is 2.47. The molecule has 1 heterocycles. The summed E-state index contributed by atoms with van der Waals surface area (Å²) < 4.78 is 1.25. The van der Waals surface area contributed by atoms with Gasteiger partial charge in [0.25, 0.3) is 0 Å². The van der Waals surface area contributed by atoms with Gasteiger partial charge in [-0.2, -0.15) is 0 Å². The Morgan fingerprint density at radius 3 is 2.50 bits per heavy atom. The number of halogens is 2. The van der Waals surface area contributed by atoms with Gasteiger partial charge in [0.1, 0.15) is 0 Å². The van der Waals surface area contributed by atoms with E-state index in [0.29, 0.717) is 4.83 Å². The Kier molecular flexibility index (Phi) is 2.53. The van der Waals surface area contributed by atoms with Crippen molar-refractivity contribution in [2.24, 2.45) is 17.8 Å². The van der Waals surface area contributed by atoms with Gasteiger partial charge in [0.15, 0.2) is 0 Å². The molecule has 0 aliphatic heterocycles. The molecule has 3 atom stereocenters. The average molecular weight is 336 g/mol. The van der Waals surface area contributed by atoms with Crippen molar-refractivity contribution in [3.05, 3.63) is 20.8 Å². The summed E-state index contributed by atoms with van der Waals surface area (Å²) in [7, 11) is 0. The van der Waals surface area contributed by atoms with Crippen LogP contribution in [0.25, 0.3) is 0 Å². The Morgan fingerprint density at radius 2 is 1.93 bits per heavy atom. The van der Waals surface area contributed by atoms with Gasteiger partial charge in [-0.05, 0) is 65.1 Å². The topological polar surface area (TPSA) is 0 Å². The van der Waals surface area contributed by atoms with Gasteiger partial charge in [-0.15, -0.1) is 11.3 Å². The molecule has 0 bridgehead atoms. The SMILES string of the molecule is Brc1ccc(C(Br)C2CC3CC3C2)s1. The van der Waals surface area contributed by atoms with E-state index in [4.69, 9.17) is 0 Å². The van der Waals surface area contributed by atoms with Crippen molar-refractivity contribution in [3.63, 3.8) is 0 Å². The summed E-state index contributed by atoms with van der Waals surface area (Å²) >= 11 is 9.26. The quantitative estimate of drug-likeness (QED) is 0.668. The molecular formula is C11H12Br2S. The minimum Gasteiger partial charge on any atom is -0.132 e. The van der Waals surface area contributed by atoms with Gasteiger partial charge >= 0.3 is 0 Å². The molecule has 1 aromatic rings. The number of rotatable bonds is 2. The van der Waals surface area contributed by atoms with Crippen molar-refractivity contribution in [2.75, 3.05) is 0 Å². The lowest BCUT2D eigenvalue weighted by atomic mass is 9.99. The number of thiophene rings is 1. The summed E-state index contributed by atoms with van der Waals surface area (Å²) in [5, 5.41) is 0. The first kappa shape index (κ1) is 9.86. The number of alkyl halides is 1. The zero-order chi connectivity index (χ0) is 9.71. The van der Waals surface area contributed by atoms with Crippen molar-refractivity contribution < 1.29 is 0 Å². The standard InChI is InChI=1S/C11H12Br2S/c12-10-2-1-9(14-10)11(13)8-4-6-3-7(6)5-8/h1-2,6-8,11H,3-5H2. The van der Waals surface area contributed by atoms with E-state index in [1.54, 1.807) is 0 Å². The van der Waals surface area contributed by atoms with Gasteiger partial charge < -0.3 is 0 Å². The maximum Gasteiger partial charge on any atom is 0.0701 e. The molecule has 0 nitrogen and oxygen atoms in total. The predicted molar refractivity (Wildman–Crippen MR) is 68.0 cm³/mol. The Hall–Kier alpha value is 0.660. The fourth-order valence-electron chi connectivity index (χ4n) is 2.71. The smallest absolute Gasteiger partial charge is 0.0701 e. The van der Waals surface area contributed by atoms with Gasteiger partial charge in [-0.25, -0.2) is 0 Å². The third-order valence-corrected chi connectivity index (χ3v) is 6.81. The van der Waals surface area contributed by atoms with Crippen LogP contribution in [-0.2, 0) is 0 Å². The highest BCUT2D eigenvalue weighted by molar-refractivity contribution is 9.11. The van der Waals surface area contributed by atoms with Crippen LogP contribution in [0.3, 0.4) is 0 Å². The van der Waals surface area contributed by atoms with Gasteiger partial charge in [0.05, 0.1) is 8.61 Å². The lowest BCUT2D eigenvalue weighted by Crippen LogP contribution is -2.03. The molecule has 0 aromatic carbocycles. The molecule has 1 aromatic heterocycles. The van der Waals surface area contributed by atoms with Crippen LogP contribution in [0.4, 0.5) is 0 Å². The molecule has 2 aliphatic carbocycles. The lowest BCUT2D eigenvalue weighted by Gasteiger charge is -2.17. The maximum absolute atomic E-state index is 3.86. The normalized spacial score (nSPS) is 36.9. The first-order chi connectivity index (χ1) is 6.74. The Labute approximate surface area is 105 Å². The van der Waals surface area contributed by atoms with Gasteiger partial charge in [-0.3, -0.25) is 0 Å². The van der Waals surface area contributed by atoms with E-state index in [-0.39, 0.29) is 0 Å². The molecular weight excluding hydrogens is 324 g/mol.